The molecule has 0 saturated heterocycles. The molecule has 0 fully saturated rings. The molecular weight excluding hydrogens is 232 g/mol. The molecule has 0 saturated carbocycles. The number of ether oxygens (including phenoxy) is 1. The Morgan fingerprint density at radius 1 is 1.44 bits per heavy atom. The van der Waals surface area contributed by atoms with E-state index in [9.17, 15) is 4.79 Å². The van der Waals surface area contributed by atoms with Gasteiger partial charge in [0.25, 0.3) is 0 Å². The molecule has 0 aliphatic carbocycles. The van der Waals surface area contributed by atoms with E-state index in [0.29, 0.717) is 16.5 Å². The van der Waals surface area contributed by atoms with Crippen LogP contribution in [0.5, 0.6) is 0 Å². The van der Waals surface area contributed by atoms with Crippen LogP contribution < -0.4 is 0 Å². The van der Waals surface area contributed by atoms with E-state index < -0.39 is 5.97 Å². The van der Waals surface area contributed by atoms with Crippen molar-refractivity contribution in [2.75, 3.05) is 7.11 Å². The van der Waals surface area contributed by atoms with Crippen molar-refractivity contribution >= 4 is 17.6 Å². The first-order valence-electron chi connectivity index (χ1n) is 4.36. The van der Waals surface area contributed by atoms with Gasteiger partial charge < -0.3 is 9.15 Å². The molecular formula is C10H7ClN2O3. The van der Waals surface area contributed by atoms with E-state index in [1.807, 2.05) is 0 Å². The second kappa shape index (κ2) is 4.32. The highest BCUT2D eigenvalue weighted by Crippen LogP contribution is 2.23. The monoisotopic (exact) mass is 238 g/mol. The summed E-state index contributed by atoms with van der Waals surface area (Å²) < 4.78 is 9.69. The molecule has 0 aliphatic heterocycles. The number of methoxy groups -OCH3 is 1. The summed E-state index contributed by atoms with van der Waals surface area (Å²) in [6, 6.07) is 3.28. The molecule has 6 heteroatoms. The van der Waals surface area contributed by atoms with E-state index in [1.54, 1.807) is 12.1 Å². The molecule has 2 rings (SSSR count). The minimum Gasteiger partial charge on any atom is -0.464 e. The van der Waals surface area contributed by atoms with Gasteiger partial charge in [0.2, 0.25) is 0 Å². The molecule has 0 unspecified atom stereocenters. The lowest BCUT2D eigenvalue weighted by Crippen LogP contribution is -2.03. The second-order valence-electron chi connectivity index (χ2n) is 2.89. The fourth-order valence-corrected chi connectivity index (χ4v) is 1.31. The van der Waals surface area contributed by atoms with Crippen LogP contribution in [0.15, 0.2) is 29.1 Å². The summed E-state index contributed by atoms with van der Waals surface area (Å²) >= 11 is 5.65. The number of carbonyl (C=O) groups is 1. The van der Waals surface area contributed by atoms with E-state index in [-0.39, 0.29) is 5.69 Å². The zero-order valence-electron chi connectivity index (χ0n) is 8.31. The number of hydrogen-bond donors (Lipinski definition) is 0. The van der Waals surface area contributed by atoms with Gasteiger partial charge in [0.05, 0.1) is 7.11 Å². The van der Waals surface area contributed by atoms with Crippen molar-refractivity contribution in [2.45, 2.75) is 0 Å². The van der Waals surface area contributed by atoms with Crippen molar-refractivity contribution in [2.24, 2.45) is 0 Å². The highest BCUT2D eigenvalue weighted by atomic mass is 35.5. The van der Waals surface area contributed by atoms with Crippen molar-refractivity contribution in [3.8, 4) is 11.3 Å². The number of aromatic nitrogens is 2. The molecule has 16 heavy (non-hydrogen) atoms. The lowest BCUT2D eigenvalue weighted by atomic mass is 10.2. The minimum absolute atomic E-state index is 0.117. The molecule has 2 aromatic heterocycles. The smallest absolute Gasteiger partial charge is 0.360 e. The quantitative estimate of drug-likeness (QED) is 0.593. The minimum atomic E-state index is -0.557. The Hall–Kier alpha value is -1.88. The van der Waals surface area contributed by atoms with Crippen LogP contribution in [0, 0.1) is 0 Å². The van der Waals surface area contributed by atoms with E-state index in [0.717, 1.165) is 0 Å². The summed E-state index contributed by atoms with van der Waals surface area (Å²) in [5.41, 5.74) is 0.730. The van der Waals surface area contributed by atoms with Crippen molar-refractivity contribution in [3.63, 3.8) is 0 Å². The topological polar surface area (TPSA) is 65.2 Å². The number of oxazole rings is 1. The second-order valence-corrected chi connectivity index (χ2v) is 3.28. The molecule has 0 aromatic carbocycles. The van der Waals surface area contributed by atoms with Crippen LogP contribution in [0.1, 0.15) is 10.5 Å². The van der Waals surface area contributed by atoms with Crippen molar-refractivity contribution < 1.29 is 13.9 Å². The number of rotatable bonds is 2. The summed E-state index contributed by atoms with van der Waals surface area (Å²) in [4.78, 5) is 19.0. The van der Waals surface area contributed by atoms with Gasteiger partial charge in [0.1, 0.15) is 5.15 Å². The Balaban J connectivity index is 2.44. The number of nitrogens with zero attached hydrogens (tertiary/aromatic N) is 2. The van der Waals surface area contributed by atoms with E-state index in [1.165, 1.54) is 19.7 Å². The summed E-state index contributed by atoms with van der Waals surface area (Å²) in [5.74, 6) is -0.241. The maximum atomic E-state index is 11.3. The molecule has 0 aliphatic rings. The first-order valence-corrected chi connectivity index (χ1v) is 4.74. The van der Waals surface area contributed by atoms with Crippen LogP contribution >= 0.6 is 11.6 Å². The zero-order valence-corrected chi connectivity index (χ0v) is 9.06. The molecule has 0 bridgehead atoms. The Bertz CT molecular complexity index is 507. The highest BCUT2D eigenvalue weighted by Gasteiger charge is 2.18. The summed E-state index contributed by atoms with van der Waals surface area (Å²) in [6.07, 6.45) is 2.67. The van der Waals surface area contributed by atoms with Gasteiger partial charge >= 0.3 is 5.97 Å². The fraction of sp³-hybridized carbons (Fsp3) is 0.100. The van der Waals surface area contributed by atoms with Gasteiger partial charge in [0.15, 0.2) is 17.8 Å². The third-order valence-corrected chi connectivity index (χ3v) is 2.16. The summed E-state index contributed by atoms with van der Waals surface area (Å²) in [6.45, 7) is 0. The maximum Gasteiger partial charge on any atom is 0.360 e. The molecule has 2 heterocycles. The van der Waals surface area contributed by atoms with Crippen molar-refractivity contribution in [1.29, 1.82) is 0 Å². The van der Waals surface area contributed by atoms with Crippen LogP contribution in [-0.4, -0.2) is 23.0 Å². The average molecular weight is 239 g/mol. The molecule has 5 nitrogen and oxygen atoms in total. The molecule has 82 valence electrons. The Morgan fingerprint density at radius 3 is 2.88 bits per heavy atom. The van der Waals surface area contributed by atoms with Gasteiger partial charge in [-0.05, 0) is 12.1 Å². The predicted molar refractivity (Wildman–Crippen MR) is 56.1 cm³/mol. The fourth-order valence-electron chi connectivity index (χ4n) is 1.20. The number of esters is 1. The average Bonchev–Trinajstić information content (AvgIpc) is 2.78. The van der Waals surface area contributed by atoms with Crippen molar-refractivity contribution in [1.82, 2.24) is 9.97 Å². The Labute approximate surface area is 96.0 Å². The molecule has 0 amide bonds. The van der Waals surface area contributed by atoms with E-state index in [2.05, 4.69) is 14.7 Å². The van der Waals surface area contributed by atoms with Gasteiger partial charge in [-0.25, -0.2) is 14.8 Å². The molecule has 0 radical (unpaired) electrons. The molecule has 0 N–H and O–H groups in total. The zero-order chi connectivity index (χ0) is 11.5. The van der Waals surface area contributed by atoms with Crippen LogP contribution in [0.25, 0.3) is 11.3 Å². The van der Waals surface area contributed by atoms with Gasteiger partial charge in [-0.3, -0.25) is 0 Å². The molecule has 0 spiro atoms. The lowest BCUT2D eigenvalue weighted by molar-refractivity contribution is 0.0595. The SMILES string of the molecule is COC(=O)c1ncoc1-c1ccc(Cl)nc1. The van der Waals surface area contributed by atoms with Crippen LogP contribution in [0.2, 0.25) is 5.15 Å². The predicted octanol–water partition coefficient (Wildman–Crippen LogP) is 2.18. The highest BCUT2D eigenvalue weighted by molar-refractivity contribution is 6.29. The molecule has 2 aromatic rings. The Morgan fingerprint density at radius 2 is 2.25 bits per heavy atom. The normalized spacial score (nSPS) is 10.1. The van der Waals surface area contributed by atoms with Gasteiger partial charge in [-0.2, -0.15) is 0 Å². The first kappa shape index (κ1) is 10.6. The van der Waals surface area contributed by atoms with Crippen LogP contribution in [0.4, 0.5) is 0 Å². The summed E-state index contributed by atoms with van der Waals surface area (Å²) in [7, 11) is 1.28. The maximum absolute atomic E-state index is 11.3. The molecule has 0 atom stereocenters. The number of hydrogen-bond acceptors (Lipinski definition) is 5. The van der Waals surface area contributed by atoms with E-state index >= 15 is 0 Å². The largest absolute Gasteiger partial charge is 0.464 e. The van der Waals surface area contributed by atoms with Gasteiger partial charge in [-0.15, -0.1) is 0 Å². The van der Waals surface area contributed by atoms with Crippen LogP contribution in [0.3, 0.4) is 0 Å². The standard InChI is InChI=1S/C10H7ClN2O3/c1-15-10(14)8-9(16-5-13-8)6-2-3-7(11)12-4-6/h2-5H,1H3. The number of carbonyl (C=O) groups excluding carboxylic acids is 1. The van der Waals surface area contributed by atoms with Crippen LogP contribution in [-0.2, 0) is 4.74 Å². The van der Waals surface area contributed by atoms with Crippen molar-refractivity contribution in [3.05, 3.63) is 35.6 Å². The van der Waals surface area contributed by atoms with E-state index in [4.69, 9.17) is 16.0 Å². The third kappa shape index (κ3) is 1.90. The third-order valence-electron chi connectivity index (χ3n) is 1.94. The van der Waals surface area contributed by atoms with Gasteiger partial charge in [0, 0.05) is 11.8 Å². The van der Waals surface area contributed by atoms with Gasteiger partial charge in [-0.1, -0.05) is 11.6 Å². The summed E-state index contributed by atoms with van der Waals surface area (Å²) in [5, 5.41) is 0.364. The lowest BCUT2D eigenvalue weighted by Gasteiger charge is -1.99. The Kier molecular flexibility index (Phi) is 2.87. The first-order chi connectivity index (χ1) is 7.72. The number of halogens is 1. The number of pyridine rings is 1.